The van der Waals surface area contributed by atoms with E-state index in [-0.39, 0.29) is 12.0 Å². The average Bonchev–Trinajstić information content (AvgIpc) is 2.57. The molecule has 0 spiro atoms. The predicted octanol–water partition coefficient (Wildman–Crippen LogP) is 1.95. The molecule has 9 heteroatoms. The third-order valence-electron chi connectivity index (χ3n) is 3.54. The third-order valence-corrected chi connectivity index (χ3v) is 3.54. The lowest BCUT2D eigenvalue weighted by molar-refractivity contribution is -0.147. The summed E-state index contributed by atoms with van der Waals surface area (Å²) in [6, 6.07) is 4.11. The molecule has 0 aliphatic heterocycles. The van der Waals surface area contributed by atoms with Crippen LogP contribution in [0, 0.1) is 17.2 Å². The summed E-state index contributed by atoms with van der Waals surface area (Å²) in [6.45, 7) is 1.54. The molecule has 0 heterocycles. The van der Waals surface area contributed by atoms with Gasteiger partial charge in [-0.3, -0.25) is 4.79 Å². The van der Waals surface area contributed by atoms with Gasteiger partial charge in [-0.25, -0.2) is 4.79 Å². The van der Waals surface area contributed by atoms with Crippen molar-refractivity contribution in [3.05, 3.63) is 35.4 Å². The first kappa shape index (κ1) is 20.4. The van der Waals surface area contributed by atoms with Crippen molar-refractivity contribution < 1.29 is 32.6 Å². The van der Waals surface area contributed by atoms with E-state index < -0.39 is 41.7 Å². The van der Waals surface area contributed by atoms with E-state index in [1.54, 1.807) is 0 Å². The first-order chi connectivity index (χ1) is 11.6. The molecule has 1 aromatic carbocycles. The smallest absolute Gasteiger partial charge is 0.416 e. The normalized spacial score (nSPS) is 14.8. The summed E-state index contributed by atoms with van der Waals surface area (Å²) in [5.41, 5.74) is -0.985. The van der Waals surface area contributed by atoms with Crippen LogP contribution < -0.4 is 5.32 Å². The van der Waals surface area contributed by atoms with E-state index in [0.717, 1.165) is 31.4 Å². The Balaban J connectivity index is 2.90. The first-order valence-corrected chi connectivity index (χ1v) is 7.22. The Bertz CT molecular complexity index is 653. The van der Waals surface area contributed by atoms with Crippen LogP contribution in [0.3, 0.4) is 0 Å². The van der Waals surface area contributed by atoms with Crippen LogP contribution in [0.4, 0.5) is 13.2 Å². The van der Waals surface area contributed by atoms with Gasteiger partial charge in [0.15, 0.2) is 6.10 Å². The second-order valence-electron chi connectivity index (χ2n) is 5.37. The Hall–Kier alpha value is -2.60. The monoisotopic (exact) mass is 358 g/mol. The zero-order chi connectivity index (χ0) is 19.2. The lowest BCUT2D eigenvalue weighted by atomic mass is 9.98. The number of ether oxygens (including phenoxy) is 1. The van der Waals surface area contributed by atoms with Gasteiger partial charge in [0.05, 0.1) is 18.7 Å². The molecule has 0 bridgehead atoms. The minimum Gasteiger partial charge on any atom is -0.467 e. The van der Waals surface area contributed by atoms with Gasteiger partial charge in [0, 0.05) is 12.3 Å². The molecule has 0 radical (unpaired) electrons. The van der Waals surface area contributed by atoms with Gasteiger partial charge in [-0.1, -0.05) is 19.1 Å². The Morgan fingerprint density at radius 1 is 1.32 bits per heavy atom. The Kier molecular flexibility index (Phi) is 6.94. The molecule has 0 aliphatic rings. The molecular weight excluding hydrogens is 341 g/mol. The van der Waals surface area contributed by atoms with Crippen molar-refractivity contribution >= 4 is 11.9 Å². The number of rotatable bonds is 6. The van der Waals surface area contributed by atoms with Crippen LogP contribution in [-0.4, -0.2) is 30.1 Å². The molecule has 6 nitrogen and oxygen atoms in total. The molecule has 0 aromatic heterocycles. The van der Waals surface area contributed by atoms with Gasteiger partial charge in [0.1, 0.15) is 6.04 Å². The molecule has 0 saturated carbocycles. The van der Waals surface area contributed by atoms with E-state index in [1.165, 1.54) is 6.92 Å². The fourth-order valence-corrected chi connectivity index (χ4v) is 2.06. The van der Waals surface area contributed by atoms with Crippen molar-refractivity contribution in [2.24, 2.45) is 5.92 Å². The average molecular weight is 358 g/mol. The van der Waals surface area contributed by atoms with Gasteiger partial charge in [0.2, 0.25) is 0 Å². The minimum atomic E-state index is -4.53. The van der Waals surface area contributed by atoms with Crippen molar-refractivity contribution in [2.45, 2.75) is 31.7 Å². The molecule has 136 valence electrons. The second-order valence-corrected chi connectivity index (χ2v) is 5.37. The van der Waals surface area contributed by atoms with E-state index in [0.29, 0.717) is 0 Å². The van der Waals surface area contributed by atoms with E-state index >= 15 is 0 Å². The number of aliphatic hydroxyl groups is 1. The number of benzene rings is 1. The Morgan fingerprint density at radius 2 is 1.88 bits per heavy atom. The molecule has 1 aromatic rings. The standard InChI is InChI=1S/C16H17F3N2O4/c1-9(7-8-20)12(15(24)25-2)21-14(23)13(22)10-3-5-11(6-4-10)16(17,18)19/h3-6,9,12-13,22H,7H2,1-2H3,(H,21,23)/t9-,12+,13+/m0/s1. The van der Waals surface area contributed by atoms with Crippen LogP contribution in [0.2, 0.25) is 0 Å². The van der Waals surface area contributed by atoms with Crippen LogP contribution in [0.25, 0.3) is 0 Å². The SMILES string of the molecule is COC(=O)[C@H](NC(=O)[C@H](O)c1ccc(C(F)(F)F)cc1)[C@@H](C)CC#N. The van der Waals surface area contributed by atoms with Gasteiger partial charge in [-0.05, 0) is 17.7 Å². The zero-order valence-electron chi connectivity index (χ0n) is 13.5. The van der Waals surface area contributed by atoms with Crippen molar-refractivity contribution in [1.29, 1.82) is 5.26 Å². The number of methoxy groups -OCH3 is 1. The number of hydrogen-bond donors (Lipinski definition) is 2. The number of esters is 1. The van der Waals surface area contributed by atoms with Crippen LogP contribution in [0.1, 0.15) is 30.6 Å². The lowest BCUT2D eigenvalue weighted by Crippen LogP contribution is -2.47. The summed E-state index contributed by atoms with van der Waals surface area (Å²) in [6.07, 6.45) is -6.35. The summed E-state index contributed by atoms with van der Waals surface area (Å²) < 4.78 is 42.1. The lowest BCUT2D eigenvalue weighted by Gasteiger charge is -2.22. The predicted molar refractivity (Wildman–Crippen MR) is 79.7 cm³/mol. The van der Waals surface area contributed by atoms with E-state index in [1.807, 2.05) is 6.07 Å². The van der Waals surface area contributed by atoms with Gasteiger partial charge in [-0.2, -0.15) is 18.4 Å². The van der Waals surface area contributed by atoms with Crippen LogP contribution in [0.5, 0.6) is 0 Å². The number of hydrogen-bond acceptors (Lipinski definition) is 5. The molecular formula is C16H17F3N2O4. The van der Waals surface area contributed by atoms with Gasteiger partial charge in [-0.15, -0.1) is 0 Å². The number of alkyl halides is 3. The molecule has 1 rings (SSSR count). The third kappa shape index (κ3) is 5.46. The number of nitrogens with one attached hydrogen (secondary N) is 1. The van der Waals surface area contributed by atoms with Crippen LogP contribution >= 0.6 is 0 Å². The Labute approximate surface area is 142 Å². The fourth-order valence-electron chi connectivity index (χ4n) is 2.06. The maximum Gasteiger partial charge on any atom is 0.416 e. The maximum atomic E-state index is 12.5. The number of carbonyl (C=O) groups excluding carboxylic acids is 2. The fraction of sp³-hybridized carbons (Fsp3) is 0.438. The molecule has 25 heavy (non-hydrogen) atoms. The van der Waals surface area contributed by atoms with E-state index in [2.05, 4.69) is 10.1 Å². The summed E-state index contributed by atoms with van der Waals surface area (Å²) in [5.74, 6) is -2.36. The molecule has 1 amide bonds. The first-order valence-electron chi connectivity index (χ1n) is 7.22. The van der Waals surface area contributed by atoms with Crippen LogP contribution in [0.15, 0.2) is 24.3 Å². The molecule has 3 atom stereocenters. The summed E-state index contributed by atoms with van der Waals surface area (Å²) in [5, 5.41) is 20.9. The molecule has 0 fully saturated rings. The number of halogens is 3. The van der Waals surface area contributed by atoms with Crippen molar-refractivity contribution in [2.75, 3.05) is 7.11 Å². The molecule has 0 saturated heterocycles. The number of aliphatic hydroxyl groups excluding tert-OH is 1. The van der Waals surface area contributed by atoms with E-state index in [9.17, 15) is 27.9 Å². The highest BCUT2D eigenvalue weighted by Gasteiger charge is 2.32. The van der Waals surface area contributed by atoms with E-state index in [4.69, 9.17) is 5.26 Å². The van der Waals surface area contributed by atoms with Crippen molar-refractivity contribution in [3.63, 3.8) is 0 Å². The number of amides is 1. The maximum absolute atomic E-state index is 12.5. The Morgan fingerprint density at radius 3 is 2.32 bits per heavy atom. The molecule has 0 unspecified atom stereocenters. The van der Waals surface area contributed by atoms with Crippen LogP contribution in [-0.2, 0) is 20.5 Å². The quantitative estimate of drug-likeness (QED) is 0.757. The topological polar surface area (TPSA) is 99.4 Å². The highest BCUT2D eigenvalue weighted by Crippen LogP contribution is 2.30. The molecule has 2 N–H and O–H groups in total. The second kappa shape index (κ2) is 8.48. The van der Waals surface area contributed by atoms with Gasteiger partial charge >= 0.3 is 12.1 Å². The largest absolute Gasteiger partial charge is 0.467 e. The summed E-state index contributed by atoms with van der Waals surface area (Å²) >= 11 is 0. The zero-order valence-corrected chi connectivity index (χ0v) is 13.5. The van der Waals surface area contributed by atoms with Gasteiger partial charge in [0.25, 0.3) is 5.91 Å². The summed E-state index contributed by atoms with van der Waals surface area (Å²) in [7, 11) is 1.10. The number of nitriles is 1. The van der Waals surface area contributed by atoms with Gasteiger partial charge < -0.3 is 15.2 Å². The molecule has 0 aliphatic carbocycles. The number of carbonyl (C=O) groups is 2. The minimum absolute atomic E-state index is 0.0452. The highest BCUT2D eigenvalue weighted by molar-refractivity contribution is 5.87. The number of nitrogens with zero attached hydrogens (tertiary/aromatic N) is 1. The van der Waals surface area contributed by atoms with Crippen molar-refractivity contribution in [1.82, 2.24) is 5.32 Å². The summed E-state index contributed by atoms with van der Waals surface area (Å²) in [4.78, 5) is 23.8. The van der Waals surface area contributed by atoms with Crippen molar-refractivity contribution in [3.8, 4) is 6.07 Å². The highest BCUT2D eigenvalue weighted by atomic mass is 19.4.